The average Bonchev–Trinajstić information content (AvgIpc) is 3.16. The highest BCUT2D eigenvalue weighted by molar-refractivity contribution is 5.88. The van der Waals surface area contributed by atoms with Crippen molar-refractivity contribution in [1.29, 1.82) is 0 Å². The molecule has 3 rings (SSSR count). The van der Waals surface area contributed by atoms with Crippen LogP contribution in [-0.2, 0) is 29.1 Å². The zero-order chi connectivity index (χ0) is 19.1. The minimum absolute atomic E-state index is 0.0162. The molecule has 0 unspecified atom stereocenters. The molecule has 1 N–H and O–H groups in total. The summed E-state index contributed by atoms with van der Waals surface area (Å²) >= 11 is 0. The molecule has 1 heterocycles. The number of hydrogen-bond acceptors (Lipinski definition) is 3. The molecule has 0 fully saturated rings. The molecule has 0 atom stereocenters. The van der Waals surface area contributed by atoms with Gasteiger partial charge < -0.3 is 14.6 Å². The van der Waals surface area contributed by atoms with Gasteiger partial charge in [0, 0.05) is 19.2 Å². The van der Waals surface area contributed by atoms with E-state index in [0.29, 0.717) is 13.1 Å². The summed E-state index contributed by atoms with van der Waals surface area (Å²) < 4.78 is 5.42. The summed E-state index contributed by atoms with van der Waals surface area (Å²) in [6, 6.07) is 20.9. The second-order valence-corrected chi connectivity index (χ2v) is 6.37. The lowest BCUT2D eigenvalue weighted by Gasteiger charge is -2.22. The van der Waals surface area contributed by atoms with E-state index in [1.807, 2.05) is 54.6 Å². The van der Waals surface area contributed by atoms with Crippen molar-refractivity contribution in [1.82, 2.24) is 4.90 Å². The van der Waals surface area contributed by atoms with Crippen LogP contribution in [0.2, 0.25) is 0 Å². The second-order valence-electron chi connectivity index (χ2n) is 6.37. The first-order chi connectivity index (χ1) is 13.1. The number of benzene rings is 2. The zero-order valence-electron chi connectivity index (χ0n) is 15.2. The maximum Gasteiger partial charge on any atom is 0.227 e. The molecule has 5 heteroatoms. The molecule has 5 nitrogen and oxygen atoms in total. The van der Waals surface area contributed by atoms with E-state index in [0.717, 1.165) is 22.6 Å². The van der Waals surface area contributed by atoms with Crippen LogP contribution in [0.1, 0.15) is 23.8 Å². The number of rotatable bonds is 7. The minimum atomic E-state index is -0.119. The lowest BCUT2D eigenvalue weighted by Crippen LogP contribution is -2.31. The Kier molecular flexibility index (Phi) is 6.05. The molecule has 0 spiro atoms. The fourth-order valence-electron chi connectivity index (χ4n) is 2.82. The van der Waals surface area contributed by atoms with Gasteiger partial charge in [-0.1, -0.05) is 42.5 Å². The third-order valence-corrected chi connectivity index (χ3v) is 4.13. The number of anilines is 1. The van der Waals surface area contributed by atoms with Gasteiger partial charge >= 0.3 is 0 Å². The first-order valence-electron chi connectivity index (χ1n) is 8.81. The molecule has 27 heavy (non-hydrogen) atoms. The number of nitrogens with one attached hydrogen (secondary N) is 1. The summed E-state index contributed by atoms with van der Waals surface area (Å²) in [6.45, 7) is 2.41. The minimum Gasteiger partial charge on any atom is -0.467 e. The standard InChI is InChI=1S/C22H22N2O3/c1-17(25)23-20-11-9-18(10-12-20)14-22(26)24(16-21-8-5-13-27-21)15-19-6-3-2-4-7-19/h2-13H,14-16H2,1H3,(H,23,25). The zero-order valence-corrected chi connectivity index (χ0v) is 15.2. The van der Waals surface area contributed by atoms with Gasteiger partial charge in [0.25, 0.3) is 0 Å². The maximum absolute atomic E-state index is 12.9. The molecule has 0 saturated heterocycles. The first kappa shape index (κ1) is 18.5. The number of carbonyl (C=O) groups is 2. The monoisotopic (exact) mass is 362 g/mol. The summed E-state index contributed by atoms with van der Waals surface area (Å²) in [7, 11) is 0. The molecular formula is C22H22N2O3. The van der Waals surface area contributed by atoms with Crippen LogP contribution in [0.4, 0.5) is 5.69 Å². The Labute approximate surface area is 158 Å². The fraction of sp³-hybridized carbons (Fsp3) is 0.182. The average molecular weight is 362 g/mol. The van der Waals surface area contributed by atoms with E-state index in [1.165, 1.54) is 6.92 Å². The van der Waals surface area contributed by atoms with E-state index in [4.69, 9.17) is 4.42 Å². The Morgan fingerprint density at radius 3 is 2.26 bits per heavy atom. The van der Waals surface area contributed by atoms with Gasteiger partial charge in [-0.3, -0.25) is 9.59 Å². The smallest absolute Gasteiger partial charge is 0.227 e. The van der Waals surface area contributed by atoms with Gasteiger partial charge in [0.2, 0.25) is 11.8 Å². The van der Waals surface area contributed by atoms with Crippen molar-refractivity contribution < 1.29 is 14.0 Å². The van der Waals surface area contributed by atoms with Crippen molar-refractivity contribution in [3.63, 3.8) is 0 Å². The van der Waals surface area contributed by atoms with E-state index < -0.39 is 0 Å². The third-order valence-electron chi connectivity index (χ3n) is 4.13. The maximum atomic E-state index is 12.9. The predicted molar refractivity (Wildman–Crippen MR) is 104 cm³/mol. The molecule has 0 radical (unpaired) electrons. The SMILES string of the molecule is CC(=O)Nc1ccc(CC(=O)N(Cc2ccccc2)Cc2ccco2)cc1. The summed E-state index contributed by atoms with van der Waals surface area (Å²) in [4.78, 5) is 25.8. The molecule has 0 bridgehead atoms. The van der Waals surface area contributed by atoms with Crippen LogP contribution in [-0.4, -0.2) is 16.7 Å². The van der Waals surface area contributed by atoms with Crippen molar-refractivity contribution in [2.24, 2.45) is 0 Å². The quantitative estimate of drug-likeness (QED) is 0.691. The van der Waals surface area contributed by atoms with Crippen molar-refractivity contribution in [2.75, 3.05) is 5.32 Å². The number of amides is 2. The van der Waals surface area contributed by atoms with Crippen LogP contribution in [0, 0.1) is 0 Å². The largest absolute Gasteiger partial charge is 0.467 e. The van der Waals surface area contributed by atoms with E-state index >= 15 is 0 Å². The predicted octanol–water partition coefficient (Wildman–Crippen LogP) is 4.01. The molecule has 2 aromatic carbocycles. The first-order valence-corrected chi connectivity index (χ1v) is 8.81. The van der Waals surface area contributed by atoms with Crippen LogP contribution in [0.3, 0.4) is 0 Å². The fourth-order valence-corrected chi connectivity index (χ4v) is 2.82. The second kappa shape index (κ2) is 8.85. The van der Waals surface area contributed by atoms with Gasteiger partial charge in [-0.15, -0.1) is 0 Å². The van der Waals surface area contributed by atoms with E-state index in [2.05, 4.69) is 5.32 Å². The summed E-state index contributed by atoms with van der Waals surface area (Å²) in [5, 5.41) is 2.72. The number of nitrogens with zero attached hydrogens (tertiary/aromatic N) is 1. The van der Waals surface area contributed by atoms with Gasteiger partial charge in [-0.25, -0.2) is 0 Å². The molecule has 0 aliphatic carbocycles. The number of carbonyl (C=O) groups excluding carboxylic acids is 2. The molecule has 0 saturated carbocycles. The summed E-state index contributed by atoms with van der Waals surface area (Å²) in [6.07, 6.45) is 1.90. The van der Waals surface area contributed by atoms with Gasteiger partial charge in [-0.05, 0) is 35.4 Å². The Hall–Kier alpha value is -3.34. The molecule has 2 amide bonds. The number of hydrogen-bond donors (Lipinski definition) is 1. The Morgan fingerprint density at radius 1 is 0.889 bits per heavy atom. The highest BCUT2D eigenvalue weighted by Gasteiger charge is 2.16. The van der Waals surface area contributed by atoms with Crippen LogP contribution in [0.25, 0.3) is 0 Å². The van der Waals surface area contributed by atoms with Crippen LogP contribution >= 0.6 is 0 Å². The Balaban J connectivity index is 1.70. The molecule has 0 aliphatic rings. The molecule has 138 valence electrons. The van der Waals surface area contributed by atoms with Crippen LogP contribution < -0.4 is 5.32 Å². The van der Waals surface area contributed by atoms with Gasteiger partial charge in [-0.2, -0.15) is 0 Å². The Morgan fingerprint density at radius 2 is 1.63 bits per heavy atom. The van der Waals surface area contributed by atoms with Crippen molar-refractivity contribution in [3.05, 3.63) is 89.9 Å². The van der Waals surface area contributed by atoms with Gasteiger partial charge in [0.15, 0.2) is 0 Å². The van der Waals surface area contributed by atoms with E-state index in [-0.39, 0.29) is 18.2 Å². The van der Waals surface area contributed by atoms with E-state index in [9.17, 15) is 9.59 Å². The lowest BCUT2D eigenvalue weighted by molar-refractivity contribution is -0.132. The molecule has 1 aromatic heterocycles. The van der Waals surface area contributed by atoms with E-state index in [1.54, 1.807) is 23.3 Å². The van der Waals surface area contributed by atoms with Crippen molar-refractivity contribution >= 4 is 17.5 Å². The van der Waals surface area contributed by atoms with Crippen molar-refractivity contribution in [2.45, 2.75) is 26.4 Å². The number of furan rings is 1. The van der Waals surface area contributed by atoms with Crippen LogP contribution in [0.5, 0.6) is 0 Å². The normalized spacial score (nSPS) is 10.4. The molecule has 3 aromatic rings. The summed E-state index contributed by atoms with van der Waals surface area (Å²) in [5.74, 6) is 0.647. The highest BCUT2D eigenvalue weighted by Crippen LogP contribution is 2.15. The van der Waals surface area contributed by atoms with Gasteiger partial charge in [0.1, 0.15) is 5.76 Å². The highest BCUT2D eigenvalue weighted by atomic mass is 16.3. The lowest BCUT2D eigenvalue weighted by atomic mass is 10.1. The van der Waals surface area contributed by atoms with Crippen molar-refractivity contribution in [3.8, 4) is 0 Å². The Bertz CT molecular complexity index is 872. The molecular weight excluding hydrogens is 340 g/mol. The molecule has 0 aliphatic heterocycles. The summed E-state index contributed by atoms with van der Waals surface area (Å²) in [5.41, 5.74) is 2.68. The van der Waals surface area contributed by atoms with Gasteiger partial charge in [0.05, 0.1) is 19.2 Å². The third kappa shape index (κ3) is 5.57. The topological polar surface area (TPSA) is 62.6 Å². The van der Waals surface area contributed by atoms with Crippen LogP contribution in [0.15, 0.2) is 77.4 Å².